The van der Waals surface area contributed by atoms with Gasteiger partial charge in [0.1, 0.15) is 9.84 Å². The minimum Gasteiger partial charge on any atom is -0.481 e. The molecule has 0 amide bonds. The van der Waals surface area contributed by atoms with Crippen LogP contribution < -0.4 is 5.73 Å². The number of rotatable bonds is 4. The van der Waals surface area contributed by atoms with Gasteiger partial charge in [-0.15, -0.1) is 0 Å². The summed E-state index contributed by atoms with van der Waals surface area (Å²) in [5.74, 6) is -0.844. The SMILES string of the molecule is NCC(CC1CCS(=O)(=O)CC1)C(=O)O. The molecule has 0 aromatic carbocycles. The van der Waals surface area contributed by atoms with Crippen molar-refractivity contribution in [2.45, 2.75) is 19.3 Å². The van der Waals surface area contributed by atoms with E-state index in [2.05, 4.69) is 0 Å². The minimum atomic E-state index is -2.86. The molecule has 0 spiro atoms. The topological polar surface area (TPSA) is 97.5 Å². The summed E-state index contributed by atoms with van der Waals surface area (Å²) in [7, 11) is -2.86. The fraction of sp³-hybridized carbons (Fsp3) is 0.889. The van der Waals surface area contributed by atoms with E-state index in [0.717, 1.165) is 0 Å². The lowest BCUT2D eigenvalue weighted by Crippen LogP contribution is -2.30. The predicted molar refractivity (Wildman–Crippen MR) is 56.2 cm³/mol. The van der Waals surface area contributed by atoms with E-state index in [-0.39, 0.29) is 24.0 Å². The fourth-order valence-electron chi connectivity index (χ4n) is 1.87. The monoisotopic (exact) mass is 235 g/mol. The van der Waals surface area contributed by atoms with Gasteiger partial charge in [-0.05, 0) is 25.2 Å². The van der Waals surface area contributed by atoms with Crippen molar-refractivity contribution in [1.82, 2.24) is 0 Å². The van der Waals surface area contributed by atoms with E-state index in [1.165, 1.54) is 0 Å². The zero-order valence-electron chi connectivity index (χ0n) is 8.55. The first-order chi connectivity index (χ1) is 6.94. The Morgan fingerprint density at radius 1 is 1.40 bits per heavy atom. The highest BCUT2D eigenvalue weighted by molar-refractivity contribution is 7.91. The number of carboxylic acids is 1. The average Bonchev–Trinajstić information content (AvgIpc) is 2.15. The van der Waals surface area contributed by atoms with Gasteiger partial charge in [-0.3, -0.25) is 4.79 Å². The van der Waals surface area contributed by atoms with E-state index in [9.17, 15) is 13.2 Å². The molecule has 6 heteroatoms. The number of carboxylic acid groups (broad SMARTS) is 1. The van der Waals surface area contributed by atoms with E-state index in [0.29, 0.717) is 19.3 Å². The van der Waals surface area contributed by atoms with Crippen molar-refractivity contribution in [3.63, 3.8) is 0 Å². The zero-order valence-corrected chi connectivity index (χ0v) is 9.37. The molecule has 1 unspecified atom stereocenters. The van der Waals surface area contributed by atoms with Crippen molar-refractivity contribution >= 4 is 15.8 Å². The van der Waals surface area contributed by atoms with E-state index in [1.807, 2.05) is 0 Å². The number of carbonyl (C=O) groups is 1. The summed E-state index contributed by atoms with van der Waals surface area (Å²) in [4.78, 5) is 10.7. The van der Waals surface area contributed by atoms with Crippen molar-refractivity contribution in [1.29, 1.82) is 0 Å². The first-order valence-corrected chi connectivity index (χ1v) is 6.90. The van der Waals surface area contributed by atoms with Crippen LogP contribution >= 0.6 is 0 Å². The lowest BCUT2D eigenvalue weighted by Gasteiger charge is -2.24. The van der Waals surface area contributed by atoms with Crippen LogP contribution in [0.2, 0.25) is 0 Å². The van der Waals surface area contributed by atoms with Crippen LogP contribution in [0.15, 0.2) is 0 Å². The van der Waals surface area contributed by atoms with E-state index >= 15 is 0 Å². The predicted octanol–water partition coefficient (Wildman–Crippen LogP) is -0.139. The molecule has 0 bridgehead atoms. The largest absolute Gasteiger partial charge is 0.481 e. The quantitative estimate of drug-likeness (QED) is 0.707. The third-order valence-electron chi connectivity index (χ3n) is 2.93. The molecule has 5 nitrogen and oxygen atoms in total. The summed E-state index contributed by atoms with van der Waals surface area (Å²) in [5.41, 5.74) is 5.35. The zero-order chi connectivity index (χ0) is 11.5. The van der Waals surface area contributed by atoms with Gasteiger partial charge in [0.05, 0.1) is 17.4 Å². The number of aliphatic carboxylic acids is 1. The Bertz CT molecular complexity index is 311. The van der Waals surface area contributed by atoms with Crippen molar-refractivity contribution < 1.29 is 18.3 Å². The molecule has 1 saturated heterocycles. The Kier molecular flexibility index (Phi) is 4.10. The van der Waals surface area contributed by atoms with Gasteiger partial charge in [-0.1, -0.05) is 0 Å². The van der Waals surface area contributed by atoms with Crippen molar-refractivity contribution in [2.24, 2.45) is 17.6 Å². The molecule has 1 rings (SSSR count). The lowest BCUT2D eigenvalue weighted by molar-refractivity contribution is -0.142. The molecule has 1 aliphatic rings. The number of hydrogen-bond acceptors (Lipinski definition) is 4. The Morgan fingerprint density at radius 2 is 1.93 bits per heavy atom. The molecule has 88 valence electrons. The van der Waals surface area contributed by atoms with Gasteiger partial charge in [0.25, 0.3) is 0 Å². The molecule has 1 atom stereocenters. The van der Waals surface area contributed by atoms with Crippen LogP contribution in [-0.4, -0.2) is 37.5 Å². The van der Waals surface area contributed by atoms with Crippen LogP contribution in [0.1, 0.15) is 19.3 Å². The second-order valence-corrected chi connectivity index (χ2v) is 6.41. The molecule has 0 saturated carbocycles. The second kappa shape index (κ2) is 4.94. The van der Waals surface area contributed by atoms with E-state index in [4.69, 9.17) is 10.8 Å². The third kappa shape index (κ3) is 3.79. The van der Waals surface area contributed by atoms with Crippen LogP contribution in [0.3, 0.4) is 0 Å². The summed E-state index contributed by atoms with van der Waals surface area (Å²) in [6.07, 6.45) is 1.65. The van der Waals surface area contributed by atoms with Crippen molar-refractivity contribution in [2.75, 3.05) is 18.1 Å². The highest BCUT2D eigenvalue weighted by Gasteiger charge is 2.27. The second-order valence-electron chi connectivity index (χ2n) is 4.10. The normalized spacial score (nSPS) is 23.5. The molecule has 15 heavy (non-hydrogen) atoms. The molecule has 1 aliphatic heterocycles. The lowest BCUT2D eigenvalue weighted by atomic mass is 9.90. The maximum absolute atomic E-state index is 11.1. The van der Waals surface area contributed by atoms with Gasteiger partial charge in [-0.25, -0.2) is 8.42 Å². The Hall–Kier alpha value is -0.620. The standard InChI is InChI=1S/C9H17NO4S/c10-6-8(9(11)12)5-7-1-3-15(13,14)4-2-7/h7-8H,1-6,10H2,(H,11,12). The summed E-state index contributed by atoms with van der Waals surface area (Å²) in [5, 5.41) is 8.81. The highest BCUT2D eigenvalue weighted by atomic mass is 32.2. The Balaban J connectivity index is 2.44. The number of nitrogens with two attached hydrogens (primary N) is 1. The average molecular weight is 235 g/mol. The molecule has 0 aromatic rings. The van der Waals surface area contributed by atoms with Gasteiger partial charge in [-0.2, -0.15) is 0 Å². The third-order valence-corrected chi connectivity index (χ3v) is 4.64. The molecule has 3 N–H and O–H groups in total. The Labute approximate surface area is 89.6 Å². The molecular formula is C9H17NO4S. The molecule has 0 radical (unpaired) electrons. The van der Waals surface area contributed by atoms with Crippen molar-refractivity contribution in [3.8, 4) is 0 Å². The van der Waals surface area contributed by atoms with Gasteiger partial charge in [0, 0.05) is 6.54 Å². The van der Waals surface area contributed by atoms with Gasteiger partial charge in [0.15, 0.2) is 0 Å². The smallest absolute Gasteiger partial charge is 0.307 e. The van der Waals surface area contributed by atoms with E-state index in [1.54, 1.807) is 0 Å². The molecule has 0 aromatic heterocycles. The first kappa shape index (κ1) is 12.4. The summed E-state index contributed by atoms with van der Waals surface area (Å²) in [6, 6.07) is 0. The van der Waals surface area contributed by atoms with Crippen molar-refractivity contribution in [3.05, 3.63) is 0 Å². The van der Waals surface area contributed by atoms with Crippen LogP contribution in [0.5, 0.6) is 0 Å². The molecule has 0 aliphatic carbocycles. The molecule has 1 fully saturated rings. The fourth-order valence-corrected chi connectivity index (χ4v) is 3.46. The van der Waals surface area contributed by atoms with Crippen LogP contribution in [0.4, 0.5) is 0 Å². The minimum absolute atomic E-state index is 0.124. The number of hydrogen-bond donors (Lipinski definition) is 2. The van der Waals surface area contributed by atoms with Crippen LogP contribution in [0.25, 0.3) is 0 Å². The summed E-state index contributed by atoms with van der Waals surface area (Å²) < 4.78 is 22.3. The maximum Gasteiger partial charge on any atom is 0.307 e. The van der Waals surface area contributed by atoms with E-state index < -0.39 is 21.7 Å². The summed E-state index contributed by atoms with van der Waals surface area (Å²) in [6.45, 7) is 0.124. The van der Waals surface area contributed by atoms with Gasteiger partial charge >= 0.3 is 5.97 Å². The summed E-state index contributed by atoms with van der Waals surface area (Å²) >= 11 is 0. The van der Waals surface area contributed by atoms with Crippen LogP contribution in [0, 0.1) is 11.8 Å². The Morgan fingerprint density at radius 3 is 2.33 bits per heavy atom. The molecular weight excluding hydrogens is 218 g/mol. The van der Waals surface area contributed by atoms with Crippen LogP contribution in [-0.2, 0) is 14.6 Å². The molecule has 1 heterocycles. The highest BCUT2D eigenvalue weighted by Crippen LogP contribution is 2.25. The number of sulfone groups is 1. The maximum atomic E-state index is 11.1. The van der Waals surface area contributed by atoms with Gasteiger partial charge in [0.2, 0.25) is 0 Å². The van der Waals surface area contributed by atoms with Gasteiger partial charge < -0.3 is 10.8 Å². The first-order valence-electron chi connectivity index (χ1n) is 5.08.